The van der Waals surface area contributed by atoms with Gasteiger partial charge < -0.3 is 5.84 Å². The molecule has 2 rings (SSSR count). The number of halogens is 1. The molecule has 0 atom stereocenters. The summed E-state index contributed by atoms with van der Waals surface area (Å²) in [5.74, 6) is 9.96. The van der Waals surface area contributed by atoms with Crippen molar-refractivity contribution in [1.29, 1.82) is 0 Å². The minimum atomic E-state index is -0.687. The van der Waals surface area contributed by atoms with Crippen LogP contribution in [0.1, 0.15) is 23.0 Å². The lowest BCUT2D eigenvalue weighted by Crippen LogP contribution is -2.47. The Bertz CT molecular complexity index is 921. The molecule has 2 aromatic rings. The van der Waals surface area contributed by atoms with Gasteiger partial charge in [0, 0.05) is 13.6 Å². The van der Waals surface area contributed by atoms with Crippen molar-refractivity contribution in [2.45, 2.75) is 20.4 Å². The normalized spacial score (nSPS) is 11.3. The fraction of sp³-hybridized carbons (Fsp3) is 0.250. The maximum atomic E-state index is 12.7. The van der Waals surface area contributed by atoms with Gasteiger partial charge in [0.2, 0.25) is 5.96 Å². The molecule has 0 aliphatic carbocycles. The highest BCUT2D eigenvalue weighted by Crippen LogP contribution is 2.27. The zero-order valence-electron chi connectivity index (χ0n) is 14.7. The van der Waals surface area contributed by atoms with Gasteiger partial charge in [0.15, 0.2) is 5.69 Å². The van der Waals surface area contributed by atoms with Crippen LogP contribution >= 0.6 is 11.6 Å². The average Bonchev–Trinajstić information content (AvgIpc) is 2.59. The molecule has 0 fully saturated rings. The molecule has 5 N–H and O–H groups in total. The van der Waals surface area contributed by atoms with Crippen LogP contribution in [0, 0.1) is 6.92 Å². The summed E-state index contributed by atoms with van der Waals surface area (Å²) >= 11 is 6.38. The van der Waals surface area contributed by atoms with Crippen molar-refractivity contribution in [3.63, 3.8) is 0 Å². The van der Waals surface area contributed by atoms with E-state index in [0.29, 0.717) is 5.56 Å². The fourth-order valence-electron chi connectivity index (χ4n) is 2.33. The van der Waals surface area contributed by atoms with E-state index >= 15 is 0 Å². The number of amides is 1. The van der Waals surface area contributed by atoms with E-state index < -0.39 is 5.91 Å². The predicted octanol–water partition coefficient (Wildman–Crippen LogP) is 0.657. The second-order valence-electron chi connectivity index (χ2n) is 5.55. The highest BCUT2D eigenvalue weighted by Gasteiger charge is 2.23. The Morgan fingerprint density at radius 3 is 2.69 bits per heavy atom. The lowest BCUT2D eigenvalue weighted by Gasteiger charge is -2.16. The van der Waals surface area contributed by atoms with E-state index in [9.17, 15) is 9.59 Å². The van der Waals surface area contributed by atoms with E-state index in [1.807, 2.05) is 19.1 Å². The van der Waals surface area contributed by atoms with Crippen molar-refractivity contribution in [3.8, 4) is 11.1 Å². The van der Waals surface area contributed by atoms with Gasteiger partial charge in [-0.25, -0.2) is 10.5 Å². The number of carbonyl (C=O) groups excluding carboxylic acids is 1. The number of guanidine groups is 1. The molecule has 1 amide bonds. The molecule has 10 heteroatoms. The Balaban J connectivity index is 2.64. The number of hydrazine groups is 1. The molecule has 1 aromatic carbocycles. The number of hydrogen-bond donors (Lipinski definition) is 3. The summed E-state index contributed by atoms with van der Waals surface area (Å²) in [7, 11) is 1.45. The van der Waals surface area contributed by atoms with E-state index in [1.165, 1.54) is 11.7 Å². The standard InChI is InChI=1S/C16H20ClN7O2/c1-4-24-15(26)11(10-7-5-6-9(2)8-10)12(17)13(22-24)14(25)20-16(21-18)23(3)19/h5-8H,4,18-19H2,1-3H3,(H,20,21,25). The minimum absolute atomic E-state index is 0.0566. The second-order valence-corrected chi connectivity index (χ2v) is 5.92. The maximum absolute atomic E-state index is 12.7. The van der Waals surface area contributed by atoms with Crippen LogP contribution in [0.5, 0.6) is 0 Å². The molecule has 0 unspecified atom stereocenters. The Morgan fingerprint density at radius 2 is 2.15 bits per heavy atom. The molecule has 0 bridgehead atoms. The Kier molecular flexibility index (Phi) is 5.96. The number of nitrogens with zero attached hydrogens (tertiary/aromatic N) is 4. The van der Waals surface area contributed by atoms with Crippen molar-refractivity contribution in [2.24, 2.45) is 16.8 Å². The van der Waals surface area contributed by atoms with Crippen LogP contribution in [0.25, 0.3) is 11.1 Å². The van der Waals surface area contributed by atoms with Crippen molar-refractivity contribution in [1.82, 2.24) is 20.1 Å². The van der Waals surface area contributed by atoms with Crippen LogP contribution in [-0.4, -0.2) is 33.7 Å². The zero-order valence-corrected chi connectivity index (χ0v) is 15.4. The molecule has 1 aromatic heterocycles. The van der Waals surface area contributed by atoms with Gasteiger partial charge in [0.25, 0.3) is 11.5 Å². The van der Waals surface area contributed by atoms with Crippen molar-refractivity contribution < 1.29 is 4.79 Å². The Hall–Kier alpha value is -2.91. The molecule has 0 aliphatic rings. The van der Waals surface area contributed by atoms with Gasteiger partial charge >= 0.3 is 0 Å². The number of carbonyl (C=O) groups is 1. The number of rotatable bonds is 3. The summed E-state index contributed by atoms with van der Waals surface area (Å²) in [5.41, 5.74) is 1.23. The van der Waals surface area contributed by atoms with Crippen molar-refractivity contribution in [3.05, 3.63) is 50.9 Å². The third kappa shape index (κ3) is 3.84. The van der Waals surface area contributed by atoms with Crippen molar-refractivity contribution >= 4 is 23.5 Å². The van der Waals surface area contributed by atoms with E-state index in [-0.39, 0.29) is 34.3 Å². The summed E-state index contributed by atoms with van der Waals surface area (Å²) in [5, 5.41) is 10.8. The molecule has 9 nitrogen and oxygen atoms in total. The lowest BCUT2D eigenvalue weighted by molar-refractivity contribution is 0.0965. The molecule has 0 saturated carbocycles. The van der Waals surface area contributed by atoms with Crippen LogP contribution in [-0.2, 0) is 6.54 Å². The number of nitrogens with one attached hydrogen (secondary N) is 1. The van der Waals surface area contributed by atoms with E-state index in [2.05, 4.69) is 15.5 Å². The number of hydrogen-bond acceptors (Lipinski definition) is 6. The molecular weight excluding hydrogens is 358 g/mol. The van der Waals surface area contributed by atoms with E-state index in [1.54, 1.807) is 19.1 Å². The third-order valence-corrected chi connectivity index (χ3v) is 3.97. The highest BCUT2D eigenvalue weighted by molar-refractivity contribution is 6.36. The van der Waals surface area contributed by atoms with Gasteiger partial charge in [-0.1, -0.05) is 41.4 Å². The van der Waals surface area contributed by atoms with Crippen molar-refractivity contribution in [2.75, 3.05) is 7.05 Å². The van der Waals surface area contributed by atoms with Gasteiger partial charge in [-0.3, -0.25) is 19.9 Å². The SMILES string of the molecule is CCn1nc(C(=O)N/C(=N/N)N(C)N)c(Cl)c(-c2cccc(C)c2)c1=O. The largest absolute Gasteiger partial charge is 0.320 e. The van der Waals surface area contributed by atoms with Crippen LogP contribution in [0.3, 0.4) is 0 Å². The number of nitrogens with two attached hydrogens (primary N) is 2. The van der Waals surface area contributed by atoms with Crippen LogP contribution in [0.2, 0.25) is 5.02 Å². The summed E-state index contributed by atoms with van der Waals surface area (Å²) in [6.07, 6.45) is 0. The van der Waals surface area contributed by atoms with Gasteiger partial charge in [0.1, 0.15) is 0 Å². The molecule has 0 radical (unpaired) electrons. The molecule has 0 spiro atoms. The Morgan fingerprint density at radius 1 is 1.46 bits per heavy atom. The Labute approximate surface area is 155 Å². The summed E-state index contributed by atoms with van der Waals surface area (Å²) in [6, 6.07) is 7.26. The topological polar surface area (TPSA) is 132 Å². The lowest BCUT2D eigenvalue weighted by atomic mass is 10.0. The van der Waals surface area contributed by atoms with Gasteiger partial charge in [0.05, 0.1) is 10.6 Å². The smallest absolute Gasteiger partial charge is 0.280 e. The number of aryl methyl sites for hydroxylation is 2. The first-order valence-electron chi connectivity index (χ1n) is 7.75. The first-order chi connectivity index (χ1) is 12.3. The highest BCUT2D eigenvalue weighted by atomic mass is 35.5. The molecule has 0 aliphatic heterocycles. The average molecular weight is 378 g/mol. The number of hydrazone groups is 1. The molecular formula is C16H20ClN7O2. The first-order valence-corrected chi connectivity index (χ1v) is 8.13. The number of aromatic nitrogens is 2. The molecule has 138 valence electrons. The predicted molar refractivity (Wildman–Crippen MR) is 100 cm³/mol. The molecule has 1 heterocycles. The second kappa shape index (κ2) is 7.98. The minimum Gasteiger partial charge on any atom is -0.320 e. The fourth-order valence-corrected chi connectivity index (χ4v) is 2.65. The summed E-state index contributed by atoms with van der Waals surface area (Å²) in [6.45, 7) is 3.90. The molecule has 26 heavy (non-hydrogen) atoms. The quantitative estimate of drug-likeness (QED) is 0.311. The van der Waals surface area contributed by atoms with Crippen LogP contribution in [0.4, 0.5) is 0 Å². The van der Waals surface area contributed by atoms with Gasteiger partial charge in [-0.2, -0.15) is 5.10 Å². The first kappa shape index (κ1) is 19.4. The monoisotopic (exact) mass is 377 g/mol. The number of benzene rings is 1. The summed E-state index contributed by atoms with van der Waals surface area (Å²) < 4.78 is 1.17. The van der Waals surface area contributed by atoms with E-state index in [4.69, 9.17) is 23.3 Å². The van der Waals surface area contributed by atoms with Crippen LogP contribution in [0.15, 0.2) is 34.2 Å². The zero-order chi connectivity index (χ0) is 19.4. The maximum Gasteiger partial charge on any atom is 0.280 e. The van der Waals surface area contributed by atoms with Crippen LogP contribution < -0.4 is 22.6 Å². The summed E-state index contributed by atoms with van der Waals surface area (Å²) in [4.78, 5) is 25.3. The third-order valence-electron chi connectivity index (χ3n) is 3.60. The van der Waals surface area contributed by atoms with E-state index in [0.717, 1.165) is 10.6 Å². The van der Waals surface area contributed by atoms with Gasteiger partial charge in [-0.05, 0) is 19.4 Å². The van der Waals surface area contributed by atoms with Gasteiger partial charge in [-0.15, -0.1) is 5.10 Å². The molecule has 0 saturated heterocycles.